The van der Waals surface area contributed by atoms with Gasteiger partial charge in [0.25, 0.3) is 5.91 Å². The van der Waals surface area contributed by atoms with Crippen LogP contribution in [0.4, 0.5) is 0 Å². The summed E-state index contributed by atoms with van der Waals surface area (Å²) in [5.74, 6) is 0.591. The molecular formula is C16H26N2O2. The summed E-state index contributed by atoms with van der Waals surface area (Å²) >= 11 is 0. The maximum Gasteiger partial charge on any atom is 0.260 e. The molecule has 0 saturated carbocycles. The highest BCUT2D eigenvalue weighted by atomic mass is 16.5. The maximum atomic E-state index is 12.0. The number of nitrogens with one attached hydrogen (secondary N) is 1. The predicted molar refractivity (Wildman–Crippen MR) is 81.6 cm³/mol. The molecule has 0 radical (unpaired) electrons. The molecule has 1 rings (SSSR count). The van der Waals surface area contributed by atoms with Crippen molar-refractivity contribution in [2.24, 2.45) is 5.73 Å². The molecule has 0 aliphatic heterocycles. The van der Waals surface area contributed by atoms with Gasteiger partial charge < -0.3 is 15.8 Å². The van der Waals surface area contributed by atoms with Gasteiger partial charge in [-0.15, -0.1) is 0 Å². The summed E-state index contributed by atoms with van der Waals surface area (Å²) in [6, 6.07) is 7.71. The van der Waals surface area contributed by atoms with E-state index in [0.717, 1.165) is 18.4 Å². The third-order valence-electron chi connectivity index (χ3n) is 3.43. The Hall–Kier alpha value is -1.55. The highest BCUT2D eigenvalue weighted by molar-refractivity contribution is 5.81. The summed E-state index contributed by atoms with van der Waals surface area (Å²) in [6.45, 7) is 7.80. The van der Waals surface area contributed by atoms with E-state index < -0.39 is 6.10 Å². The van der Waals surface area contributed by atoms with Crippen LogP contribution in [0.25, 0.3) is 0 Å². The fourth-order valence-corrected chi connectivity index (χ4v) is 1.82. The predicted octanol–water partition coefficient (Wildman–Crippen LogP) is 2.78. The summed E-state index contributed by atoms with van der Waals surface area (Å²) in [7, 11) is 0. The Morgan fingerprint density at radius 3 is 2.50 bits per heavy atom. The van der Waals surface area contributed by atoms with Crippen molar-refractivity contribution in [2.75, 3.05) is 0 Å². The van der Waals surface area contributed by atoms with E-state index >= 15 is 0 Å². The first kappa shape index (κ1) is 16.5. The molecular weight excluding hydrogens is 252 g/mol. The van der Waals surface area contributed by atoms with Crippen molar-refractivity contribution in [2.45, 2.75) is 58.7 Å². The molecule has 4 nitrogen and oxygen atoms in total. The van der Waals surface area contributed by atoms with Crippen LogP contribution in [-0.4, -0.2) is 18.1 Å². The molecule has 1 aromatic rings. The molecule has 4 heteroatoms. The lowest BCUT2D eigenvalue weighted by molar-refractivity contribution is -0.127. The van der Waals surface area contributed by atoms with Crippen molar-refractivity contribution < 1.29 is 9.53 Å². The number of para-hydroxylation sites is 1. The van der Waals surface area contributed by atoms with Gasteiger partial charge in [-0.1, -0.05) is 32.0 Å². The van der Waals surface area contributed by atoms with Crippen LogP contribution in [0.1, 0.15) is 52.1 Å². The van der Waals surface area contributed by atoms with Gasteiger partial charge in [-0.05, 0) is 32.8 Å². The van der Waals surface area contributed by atoms with E-state index in [9.17, 15) is 4.79 Å². The van der Waals surface area contributed by atoms with E-state index in [4.69, 9.17) is 10.5 Å². The Labute approximate surface area is 121 Å². The Kier molecular flexibility index (Phi) is 6.52. The van der Waals surface area contributed by atoms with Crippen LogP contribution in [0.2, 0.25) is 0 Å². The summed E-state index contributed by atoms with van der Waals surface area (Å²) in [6.07, 6.45) is 1.19. The highest BCUT2D eigenvalue weighted by Crippen LogP contribution is 2.26. The van der Waals surface area contributed by atoms with Crippen molar-refractivity contribution in [3.8, 4) is 5.75 Å². The van der Waals surface area contributed by atoms with Crippen molar-refractivity contribution in [1.29, 1.82) is 0 Å². The average molecular weight is 278 g/mol. The third-order valence-corrected chi connectivity index (χ3v) is 3.43. The van der Waals surface area contributed by atoms with Gasteiger partial charge in [0.05, 0.1) is 0 Å². The van der Waals surface area contributed by atoms with Crippen LogP contribution in [0.5, 0.6) is 5.75 Å². The quantitative estimate of drug-likeness (QED) is 0.806. The van der Waals surface area contributed by atoms with E-state index in [0.29, 0.717) is 5.75 Å². The van der Waals surface area contributed by atoms with Gasteiger partial charge in [-0.2, -0.15) is 0 Å². The first-order chi connectivity index (χ1) is 9.49. The van der Waals surface area contributed by atoms with Gasteiger partial charge in [0, 0.05) is 17.6 Å². The molecule has 0 aromatic heterocycles. The zero-order chi connectivity index (χ0) is 15.1. The topological polar surface area (TPSA) is 64.3 Å². The van der Waals surface area contributed by atoms with E-state index in [1.165, 1.54) is 0 Å². The van der Waals surface area contributed by atoms with Crippen molar-refractivity contribution in [3.05, 3.63) is 29.8 Å². The Morgan fingerprint density at radius 2 is 1.90 bits per heavy atom. The van der Waals surface area contributed by atoms with Gasteiger partial charge >= 0.3 is 0 Å². The monoisotopic (exact) mass is 278 g/mol. The minimum Gasteiger partial charge on any atom is -0.481 e. The van der Waals surface area contributed by atoms with Crippen molar-refractivity contribution in [3.63, 3.8) is 0 Å². The second kappa shape index (κ2) is 7.90. The van der Waals surface area contributed by atoms with E-state index in [2.05, 4.69) is 5.32 Å². The lowest BCUT2D eigenvalue weighted by atomic mass is 10.0. The highest BCUT2D eigenvalue weighted by Gasteiger charge is 2.18. The molecule has 0 saturated heterocycles. The fourth-order valence-electron chi connectivity index (χ4n) is 1.82. The molecule has 1 aromatic carbocycles. The molecule has 0 spiro atoms. The van der Waals surface area contributed by atoms with Gasteiger partial charge in [-0.3, -0.25) is 4.79 Å². The number of rotatable bonds is 7. The minimum absolute atomic E-state index is 0.0731. The molecule has 1 amide bonds. The SMILES string of the molecule is CCC(C)NC(=O)C(C)Oc1ccccc1[C@H](N)CC. The molecule has 0 bridgehead atoms. The maximum absolute atomic E-state index is 12.0. The van der Waals surface area contributed by atoms with Gasteiger partial charge in [-0.25, -0.2) is 0 Å². The fraction of sp³-hybridized carbons (Fsp3) is 0.562. The lowest BCUT2D eigenvalue weighted by Crippen LogP contribution is -2.41. The standard InChI is InChI=1S/C16H26N2O2/c1-5-11(3)18-16(19)12(4)20-15-10-8-7-9-13(15)14(17)6-2/h7-12,14H,5-6,17H2,1-4H3,(H,18,19)/t11?,12?,14-/m1/s1. The number of amides is 1. The van der Waals surface area contributed by atoms with Crippen LogP contribution >= 0.6 is 0 Å². The number of ether oxygens (including phenoxy) is 1. The second-order valence-electron chi connectivity index (χ2n) is 5.13. The van der Waals surface area contributed by atoms with Gasteiger partial charge in [0.15, 0.2) is 6.10 Å². The van der Waals surface area contributed by atoms with Crippen LogP contribution in [-0.2, 0) is 4.79 Å². The number of hydrogen-bond acceptors (Lipinski definition) is 3. The average Bonchev–Trinajstić information content (AvgIpc) is 2.46. The van der Waals surface area contributed by atoms with Crippen molar-refractivity contribution >= 4 is 5.91 Å². The van der Waals surface area contributed by atoms with Gasteiger partial charge in [0.1, 0.15) is 5.75 Å². The summed E-state index contributed by atoms with van der Waals surface area (Å²) < 4.78 is 5.78. The lowest BCUT2D eigenvalue weighted by Gasteiger charge is -2.21. The molecule has 0 aliphatic carbocycles. The first-order valence-electron chi connectivity index (χ1n) is 7.31. The number of hydrogen-bond donors (Lipinski definition) is 2. The van der Waals surface area contributed by atoms with E-state index in [1.807, 2.05) is 45.0 Å². The summed E-state index contributed by atoms with van der Waals surface area (Å²) in [5, 5.41) is 2.92. The first-order valence-corrected chi connectivity index (χ1v) is 7.31. The number of carbonyl (C=O) groups is 1. The van der Waals surface area contributed by atoms with Crippen LogP contribution in [0.3, 0.4) is 0 Å². The van der Waals surface area contributed by atoms with Crippen molar-refractivity contribution in [1.82, 2.24) is 5.32 Å². The molecule has 0 aliphatic rings. The summed E-state index contributed by atoms with van der Waals surface area (Å²) in [4.78, 5) is 12.0. The Balaban J connectivity index is 2.75. The zero-order valence-corrected chi connectivity index (χ0v) is 12.8. The number of carbonyl (C=O) groups excluding carboxylic acids is 1. The normalized spacial score (nSPS) is 15.2. The smallest absolute Gasteiger partial charge is 0.260 e. The van der Waals surface area contributed by atoms with E-state index in [-0.39, 0.29) is 18.0 Å². The zero-order valence-electron chi connectivity index (χ0n) is 12.8. The largest absolute Gasteiger partial charge is 0.481 e. The Bertz CT molecular complexity index is 434. The number of nitrogens with two attached hydrogens (primary N) is 1. The van der Waals surface area contributed by atoms with Crippen LogP contribution in [0, 0.1) is 0 Å². The molecule has 0 heterocycles. The van der Waals surface area contributed by atoms with E-state index in [1.54, 1.807) is 6.92 Å². The minimum atomic E-state index is -0.533. The molecule has 2 unspecified atom stereocenters. The number of benzene rings is 1. The molecule has 112 valence electrons. The molecule has 20 heavy (non-hydrogen) atoms. The van der Waals surface area contributed by atoms with Crippen LogP contribution in [0.15, 0.2) is 24.3 Å². The molecule has 3 N–H and O–H groups in total. The second-order valence-corrected chi connectivity index (χ2v) is 5.13. The molecule has 3 atom stereocenters. The van der Waals surface area contributed by atoms with Gasteiger partial charge in [0.2, 0.25) is 0 Å². The summed E-state index contributed by atoms with van der Waals surface area (Å²) in [5.41, 5.74) is 7.01. The third kappa shape index (κ3) is 4.53. The molecule has 0 fully saturated rings. The Morgan fingerprint density at radius 1 is 1.25 bits per heavy atom. The van der Waals surface area contributed by atoms with Crippen LogP contribution < -0.4 is 15.8 Å².